The predicted molar refractivity (Wildman–Crippen MR) is 64.2 cm³/mol. The van der Waals surface area contributed by atoms with E-state index >= 15 is 0 Å². The van der Waals surface area contributed by atoms with Crippen LogP contribution in [0.2, 0.25) is 0 Å². The van der Waals surface area contributed by atoms with E-state index in [1.807, 2.05) is 0 Å². The molecule has 7 nitrogen and oxygen atoms in total. The summed E-state index contributed by atoms with van der Waals surface area (Å²) < 4.78 is 13.8. The van der Waals surface area contributed by atoms with Crippen LogP contribution in [0, 0.1) is 5.92 Å². The number of hydrogen-bond acceptors (Lipinski definition) is 6. The number of ether oxygens (including phenoxy) is 3. The first-order valence-corrected chi connectivity index (χ1v) is 5.73. The largest absolute Gasteiger partial charge is 0.468 e. The number of amides is 1. The molecule has 1 atom stereocenters. The fraction of sp³-hybridized carbons (Fsp3) is 0.583. The van der Waals surface area contributed by atoms with Crippen molar-refractivity contribution in [3.8, 4) is 0 Å². The van der Waals surface area contributed by atoms with Crippen molar-refractivity contribution in [1.29, 1.82) is 0 Å². The van der Waals surface area contributed by atoms with Crippen LogP contribution in [0.25, 0.3) is 0 Å². The quantitative estimate of drug-likeness (QED) is 0.319. The molecular formula is C12H17NO6. The van der Waals surface area contributed by atoms with Crippen molar-refractivity contribution in [1.82, 2.24) is 4.90 Å². The first kappa shape index (κ1) is 15.0. The highest BCUT2D eigenvalue weighted by Gasteiger charge is 2.41. The Bertz CT molecular complexity index is 376. The van der Waals surface area contributed by atoms with Gasteiger partial charge in [0.2, 0.25) is 0 Å². The van der Waals surface area contributed by atoms with Crippen molar-refractivity contribution in [2.24, 2.45) is 5.92 Å². The van der Waals surface area contributed by atoms with Crippen LogP contribution in [0.4, 0.5) is 4.79 Å². The summed E-state index contributed by atoms with van der Waals surface area (Å²) in [6, 6.07) is -0.763. The summed E-state index contributed by atoms with van der Waals surface area (Å²) in [5.41, 5.74) is 0. The smallest absolute Gasteiger partial charge is 0.410 e. The maximum Gasteiger partial charge on any atom is 0.410 e. The van der Waals surface area contributed by atoms with Gasteiger partial charge in [0, 0.05) is 6.54 Å². The van der Waals surface area contributed by atoms with Gasteiger partial charge in [-0.3, -0.25) is 9.59 Å². The molecule has 19 heavy (non-hydrogen) atoms. The van der Waals surface area contributed by atoms with E-state index in [1.54, 1.807) is 12.2 Å². The minimum Gasteiger partial charge on any atom is -0.468 e. The van der Waals surface area contributed by atoms with E-state index in [2.05, 4.69) is 14.2 Å². The monoisotopic (exact) mass is 271 g/mol. The molecule has 0 radical (unpaired) electrons. The average molecular weight is 271 g/mol. The normalized spacial score (nSPS) is 18.1. The number of methoxy groups -OCH3 is 3. The Kier molecular flexibility index (Phi) is 5.35. The first-order chi connectivity index (χ1) is 9.06. The number of esters is 2. The van der Waals surface area contributed by atoms with Gasteiger partial charge < -0.3 is 19.1 Å². The van der Waals surface area contributed by atoms with Crippen LogP contribution < -0.4 is 0 Å². The summed E-state index contributed by atoms with van der Waals surface area (Å²) in [5.74, 6) is -2.72. The van der Waals surface area contributed by atoms with Gasteiger partial charge in [-0.2, -0.15) is 0 Å². The van der Waals surface area contributed by atoms with E-state index < -0.39 is 30.0 Å². The molecule has 0 aromatic rings. The molecule has 106 valence electrons. The SMILES string of the molecule is COC(=O)C(C(=O)OC)[C@H]1C=CCCN1C(=O)OC. The molecule has 0 saturated heterocycles. The molecule has 0 aromatic carbocycles. The highest BCUT2D eigenvalue weighted by Crippen LogP contribution is 2.21. The minimum atomic E-state index is -1.22. The fourth-order valence-electron chi connectivity index (χ4n) is 1.95. The molecule has 0 aliphatic carbocycles. The van der Waals surface area contributed by atoms with Crippen LogP contribution in [0.15, 0.2) is 12.2 Å². The molecule has 1 rings (SSSR count). The highest BCUT2D eigenvalue weighted by molar-refractivity contribution is 5.96. The standard InChI is InChI=1S/C12H17NO6/c1-17-10(14)9(11(15)18-2)8-6-4-5-7-13(8)12(16)19-3/h4,6,8-9H,5,7H2,1-3H3/t8-/m1/s1. The van der Waals surface area contributed by atoms with Crippen molar-refractivity contribution in [3.63, 3.8) is 0 Å². The molecule has 0 fully saturated rings. The minimum absolute atomic E-state index is 0.359. The van der Waals surface area contributed by atoms with E-state index in [9.17, 15) is 14.4 Å². The summed E-state index contributed by atoms with van der Waals surface area (Å²) in [7, 11) is 3.59. The third kappa shape index (κ3) is 3.24. The Labute approximate surface area is 111 Å². The van der Waals surface area contributed by atoms with Crippen molar-refractivity contribution in [3.05, 3.63) is 12.2 Å². The zero-order valence-electron chi connectivity index (χ0n) is 11.1. The molecule has 0 spiro atoms. The van der Waals surface area contributed by atoms with Crippen LogP contribution in [0.5, 0.6) is 0 Å². The molecule has 1 amide bonds. The highest BCUT2D eigenvalue weighted by atomic mass is 16.6. The maximum absolute atomic E-state index is 11.7. The summed E-state index contributed by atoms with van der Waals surface area (Å²) in [6.07, 6.45) is 3.43. The zero-order chi connectivity index (χ0) is 14.4. The summed E-state index contributed by atoms with van der Waals surface area (Å²) >= 11 is 0. The molecular weight excluding hydrogens is 254 g/mol. The molecule has 0 aromatic heterocycles. The molecule has 1 heterocycles. The second-order valence-electron chi connectivity index (χ2n) is 3.89. The van der Waals surface area contributed by atoms with Crippen molar-refractivity contribution < 1.29 is 28.6 Å². The van der Waals surface area contributed by atoms with Gasteiger partial charge in [-0.1, -0.05) is 12.2 Å². The Morgan fingerprint density at radius 2 is 1.68 bits per heavy atom. The third-order valence-electron chi connectivity index (χ3n) is 2.89. The maximum atomic E-state index is 11.7. The number of carbonyl (C=O) groups is 3. The third-order valence-corrected chi connectivity index (χ3v) is 2.89. The van der Waals surface area contributed by atoms with Gasteiger partial charge in [-0.05, 0) is 6.42 Å². The second kappa shape index (κ2) is 6.77. The lowest BCUT2D eigenvalue weighted by molar-refractivity contribution is -0.161. The van der Waals surface area contributed by atoms with Gasteiger partial charge in [0.05, 0.1) is 27.4 Å². The Hall–Kier alpha value is -2.05. The lowest BCUT2D eigenvalue weighted by Crippen LogP contribution is -2.50. The number of carbonyl (C=O) groups excluding carboxylic acids is 3. The van der Waals surface area contributed by atoms with E-state index in [-0.39, 0.29) is 0 Å². The second-order valence-corrected chi connectivity index (χ2v) is 3.89. The van der Waals surface area contributed by atoms with Gasteiger partial charge in [-0.25, -0.2) is 4.79 Å². The number of rotatable bonds is 3. The molecule has 1 aliphatic rings. The van der Waals surface area contributed by atoms with E-state index in [0.29, 0.717) is 13.0 Å². The molecule has 0 saturated carbocycles. The van der Waals surface area contributed by atoms with Gasteiger partial charge in [0.25, 0.3) is 0 Å². The van der Waals surface area contributed by atoms with Crippen LogP contribution in [0.3, 0.4) is 0 Å². The molecule has 0 bridgehead atoms. The lowest BCUT2D eigenvalue weighted by atomic mass is 9.95. The van der Waals surface area contributed by atoms with Crippen LogP contribution in [-0.4, -0.2) is 56.8 Å². The average Bonchev–Trinajstić information content (AvgIpc) is 2.46. The topological polar surface area (TPSA) is 82.1 Å². The van der Waals surface area contributed by atoms with Gasteiger partial charge in [0.1, 0.15) is 0 Å². The van der Waals surface area contributed by atoms with Crippen LogP contribution in [-0.2, 0) is 23.8 Å². The van der Waals surface area contributed by atoms with Crippen LogP contribution in [0.1, 0.15) is 6.42 Å². The van der Waals surface area contributed by atoms with Crippen molar-refractivity contribution in [2.45, 2.75) is 12.5 Å². The Morgan fingerprint density at radius 1 is 1.11 bits per heavy atom. The molecule has 0 N–H and O–H groups in total. The van der Waals surface area contributed by atoms with Gasteiger partial charge in [0.15, 0.2) is 5.92 Å². The molecule has 1 aliphatic heterocycles. The Morgan fingerprint density at radius 3 is 2.16 bits per heavy atom. The molecule has 7 heteroatoms. The summed E-state index contributed by atoms with van der Waals surface area (Å²) in [4.78, 5) is 36.4. The Balaban J connectivity index is 3.06. The predicted octanol–water partition coefficient (Wildman–Crippen LogP) is 0.345. The lowest BCUT2D eigenvalue weighted by Gasteiger charge is -2.33. The number of hydrogen-bond donors (Lipinski definition) is 0. The zero-order valence-corrected chi connectivity index (χ0v) is 11.1. The van der Waals surface area contributed by atoms with Crippen molar-refractivity contribution in [2.75, 3.05) is 27.9 Å². The van der Waals surface area contributed by atoms with Crippen molar-refractivity contribution >= 4 is 18.0 Å². The summed E-state index contributed by atoms with van der Waals surface area (Å²) in [6.45, 7) is 0.359. The van der Waals surface area contributed by atoms with E-state index in [1.165, 1.54) is 26.2 Å². The fourth-order valence-corrected chi connectivity index (χ4v) is 1.95. The number of nitrogens with zero attached hydrogens (tertiary/aromatic N) is 1. The summed E-state index contributed by atoms with van der Waals surface area (Å²) in [5, 5.41) is 0. The van der Waals surface area contributed by atoms with Gasteiger partial charge in [-0.15, -0.1) is 0 Å². The first-order valence-electron chi connectivity index (χ1n) is 5.73. The van der Waals surface area contributed by atoms with E-state index in [4.69, 9.17) is 0 Å². The van der Waals surface area contributed by atoms with Gasteiger partial charge >= 0.3 is 18.0 Å². The molecule has 0 unspecified atom stereocenters. The van der Waals surface area contributed by atoms with E-state index in [0.717, 1.165) is 0 Å². The van der Waals surface area contributed by atoms with Crippen LogP contribution >= 0.6 is 0 Å².